The number of nitrogens with one attached hydrogen (secondary N) is 1. The highest BCUT2D eigenvalue weighted by atomic mass is 19.3. The number of carbonyl (C=O) groups is 1. The first-order chi connectivity index (χ1) is 9.88. The Balaban J connectivity index is 2.08. The van der Waals surface area contributed by atoms with Crippen molar-refractivity contribution in [2.24, 2.45) is 0 Å². The topological polar surface area (TPSA) is 32.9 Å². The standard InChI is InChI=1S/C15H13F4NO/c16-14(17)15(18,19)8-11-2-4-12(13(21)7-11)3-1-10-5-6-20-9-10/h1-6,9,14,20H,7-8H2/b3-1+. The van der Waals surface area contributed by atoms with Gasteiger partial charge in [0.1, 0.15) is 0 Å². The van der Waals surface area contributed by atoms with Crippen molar-refractivity contribution in [1.29, 1.82) is 0 Å². The summed E-state index contributed by atoms with van der Waals surface area (Å²) < 4.78 is 50.2. The third-order valence-electron chi connectivity index (χ3n) is 3.07. The van der Waals surface area contributed by atoms with Crippen LogP contribution in [0.25, 0.3) is 6.08 Å². The normalized spacial score (nSPS) is 16.5. The molecule has 0 aliphatic heterocycles. The van der Waals surface area contributed by atoms with Gasteiger partial charge in [-0.3, -0.25) is 4.79 Å². The SMILES string of the molecule is O=C1CC(CC(F)(F)C(F)F)=CC=C1/C=C/c1cc[nH]c1. The summed E-state index contributed by atoms with van der Waals surface area (Å²) in [6.45, 7) is 0. The highest BCUT2D eigenvalue weighted by Gasteiger charge is 2.41. The second-order valence-corrected chi connectivity index (χ2v) is 4.76. The fourth-order valence-electron chi connectivity index (χ4n) is 1.94. The van der Waals surface area contributed by atoms with E-state index in [1.807, 2.05) is 0 Å². The lowest BCUT2D eigenvalue weighted by Gasteiger charge is -2.18. The van der Waals surface area contributed by atoms with Gasteiger partial charge < -0.3 is 4.98 Å². The van der Waals surface area contributed by atoms with Gasteiger partial charge in [0.05, 0.1) is 0 Å². The van der Waals surface area contributed by atoms with Crippen LogP contribution in [0.5, 0.6) is 0 Å². The zero-order valence-electron chi connectivity index (χ0n) is 11.0. The second-order valence-electron chi connectivity index (χ2n) is 4.76. The van der Waals surface area contributed by atoms with Crippen molar-refractivity contribution in [3.8, 4) is 0 Å². The van der Waals surface area contributed by atoms with Crippen LogP contribution in [0, 0.1) is 0 Å². The smallest absolute Gasteiger partial charge is 0.311 e. The molecule has 1 heterocycles. The van der Waals surface area contributed by atoms with Crippen molar-refractivity contribution in [1.82, 2.24) is 4.98 Å². The number of ketones is 1. The molecule has 0 spiro atoms. The number of Topliss-reactive ketones (excluding diaryl/α,β-unsaturated/α-hetero) is 1. The number of hydrogen-bond donors (Lipinski definition) is 1. The Bertz CT molecular complexity index is 597. The summed E-state index contributed by atoms with van der Waals surface area (Å²) in [5, 5.41) is 0. The van der Waals surface area contributed by atoms with Crippen LogP contribution in [0.1, 0.15) is 18.4 Å². The van der Waals surface area contributed by atoms with Crippen LogP contribution in [0.2, 0.25) is 0 Å². The van der Waals surface area contributed by atoms with Crippen molar-refractivity contribution < 1.29 is 22.4 Å². The maximum absolute atomic E-state index is 12.9. The predicted molar refractivity (Wildman–Crippen MR) is 71.2 cm³/mol. The Morgan fingerprint density at radius 1 is 1.29 bits per heavy atom. The molecule has 1 aliphatic rings. The first-order valence-corrected chi connectivity index (χ1v) is 6.28. The zero-order valence-corrected chi connectivity index (χ0v) is 11.0. The van der Waals surface area contributed by atoms with E-state index in [0.29, 0.717) is 5.57 Å². The van der Waals surface area contributed by atoms with Crippen molar-refractivity contribution in [2.75, 3.05) is 0 Å². The number of carbonyl (C=O) groups excluding carboxylic acids is 1. The largest absolute Gasteiger partial charge is 0.367 e. The maximum Gasteiger partial charge on any atom is 0.311 e. The van der Waals surface area contributed by atoms with E-state index in [1.54, 1.807) is 30.6 Å². The van der Waals surface area contributed by atoms with Gasteiger partial charge in [-0.2, -0.15) is 8.78 Å². The van der Waals surface area contributed by atoms with Gasteiger partial charge in [-0.25, -0.2) is 8.78 Å². The first kappa shape index (κ1) is 15.3. The Kier molecular flexibility index (Phi) is 4.45. The van der Waals surface area contributed by atoms with E-state index >= 15 is 0 Å². The number of halogens is 4. The summed E-state index contributed by atoms with van der Waals surface area (Å²) in [5.74, 6) is -4.46. The lowest BCUT2D eigenvalue weighted by atomic mass is 9.93. The molecule has 0 unspecified atom stereocenters. The van der Waals surface area contributed by atoms with Crippen LogP contribution in [-0.4, -0.2) is 23.1 Å². The molecule has 112 valence electrons. The van der Waals surface area contributed by atoms with E-state index in [9.17, 15) is 22.4 Å². The number of aromatic nitrogens is 1. The van der Waals surface area contributed by atoms with E-state index in [1.165, 1.54) is 12.2 Å². The maximum atomic E-state index is 12.9. The fourth-order valence-corrected chi connectivity index (χ4v) is 1.94. The lowest BCUT2D eigenvalue weighted by molar-refractivity contribution is -0.128. The van der Waals surface area contributed by atoms with Crippen LogP contribution < -0.4 is 0 Å². The van der Waals surface area contributed by atoms with Crippen LogP contribution in [0.3, 0.4) is 0 Å². The van der Waals surface area contributed by atoms with E-state index in [4.69, 9.17) is 0 Å². The summed E-state index contributed by atoms with van der Waals surface area (Å²) in [4.78, 5) is 14.7. The molecule has 0 amide bonds. The molecule has 0 fully saturated rings. The quantitative estimate of drug-likeness (QED) is 0.814. The molecule has 0 atom stereocenters. The molecule has 6 heteroatoms. The van der Waals surface area contributed by atoms with Crippen molar-refractivity contribution in [3.05, 3.63) is 53.4 Å². The molecule has 1 aromatic rings. The van der Waals surface area contributed by atoms with Crippen molar-refractivity contribution >= 4 is 11.9 Å². The van der Waals surface area contributed by atoms with E-state index < -0.39 is 18.8 Å². The number of aromatic amines is 1. The molecule has 21 heavy (non-hydrogen) atoms. The Morgan fingerprint density at radius 3 is 2.62 bits per heavy atom. The Labute approximate surface area is 118 Å². The summed E-state index contributed by atoms with van der Waals surface area (Å²) in [6.07, 6.45) is 4.34. The monoisotopic (exact) mass is 299 g/mol. The third-order valence-corrected chi connectivity index (χ3v) is 3.07. The molecule has 2 nitrogen and oxygen atoms in total. The van der Waals surface area contributed by atoms with Gasteiger partial charge >= 0.3 is 12.3 Å². The average molecular weight is 299 g/mol. The number of H-pyrrole nitrogens is 1. The van der Waals surface area contributed by atoms with Gasteiger partial charge in [-0.1, -0.05) is 29.9 Å². The second kappa shape index (κ2) is 6.11. The third kappa shape index (κ3) is 3.93. The molecular formula is C15H13F4NO. The molecule has 1 aliphatic carbocycles. The molecule has 0 aromatic carbocycles. The fraction of sp³-hybridized carbons (Fsp3) is 0.267. The summed E-state index contributed by atoms with van der Waals surface area (Å²) in [5.41, 5.74) is 1.24. The first-order valence-electron chi connectivity index (χ1n) is 6.28. The molecule has 2 rings (SSSR count). The number of hydrogen-bond acceptors (Lipinski definition) is 1. The minimum atomic E-state index is -4.10. The molecule has 0 radical (unpaired) electrons. The van der Waals surface area contributed by atoms with Gasteiger partial charge in [-0.05, 0) is 11.6 Å². The highest BCUT2D eigenvalue weighted by molar-refractivity contribution is 6.01. The van der Waals surface area contributed by atoms with E-state index in [-0.39, 0.29) is 17.8 Å². The number of rotatable bonds is 5. The number of allylic oxidation sites excluding steroid dienone is 5. The molecule has 0 saturated heterocycles. The van der Waals surface area contributed by atoms with Gasteiger partial charge in [0, 0.05) is 30.8 Å². The van der Waals surface area contributed by atoms with Gasteiger partial charge in [-0.15, -0.1) is 0 Å². The molecular weight excluding hydrogens is 286 g/mol. The lowest BCUT2D eigenvalue weighted by Crippen LogP contribution is -2.27. The van der Waals surface area contributed by atoms with Crippen molar-refractivity contribution in [2.45, 2.75) is 25.2 Å². The zero-order chi connectivity index (χ0) is 15.5. The Morgan fingerprint density at radius 2 is 2.05 bits per heavy atom. The van der Waals surface area contributed by atoms with E-state index in [0.717, 1.165) is 5.56 Å². The summed E-state index contributed by atoms with van der Waals surface area (Å²) in [6, 6.07) is 1.80. The minimum absolute atomic E-state index is 0.0177. The van der Waals surface area contributed by atoms with Crippen LogP contribution in [-0.2, 0) is 4.79 Å². The molecule has 1 aromatic heterocycles. The predicted octanol–water partition coefficient (Wildman–Crippen LogP) is 4.14. The summed E-state index contributed by atoms with van der Waals surface area (Å²) >= 11 is 0. The van der Waals surface area contributed by atoms with Crippen molar-refractivity contribution in [3.63, 3.8) is 0 Å². The van der Waals surface area contributed by atoms with Crippen LogP contribution in [0.15, 0.2) is 47.8 Å². The molecule has 0 saturated carbocycles. The van der Waals surface area contributed by atoms with E-state index in [2.05, 4.69) is 4.98 Å². The van der Waals surface area contributed by atoms with Gasteiger partial charge in [0.15, 0.2) is 5.78 Å². The molecule has 0 bridgehead atoms. The minimum Gasteiger partial charge on any atom is -0.367 e. The molecule has 1 N–H and O–H groups in total. The van der Waals surface area contributed by atoms with Gasteiger partial charge in [0.25, 0.3) is 0 Å². The average Bonchev–Trinajstić information content (AvgIpc) is 2.90. The van der Waals surface area contributed by atoms with Crippen LogP contribution >= 0.6 is 0 Å². The van der Waals surface area contributed by atoms with Gasteiger partial charge in [0.2, 0.25) is 0 Å². The summed E-state index contributed by atoms with van der Waals surface area (Å²) in [7, 11) is 0. The highest BCUT2D eigenvalue weighted by Crippen LogP contribution is 2.33. The number of alkyl halides is 4. The Hall–Kier alpha value is -2.11. The van der Waals surface area contributed by atoms with Crippen LogP contribution in [0.4, 0.5) is 17.6 Å².